The normalized spacial score (nSPS) is 12.0. The highest BCUT2D eigenvalue weighted by atomic mass is 79.9. The molecule has 0 amide bonds. The first kappa shape index (κ1) is 15.6. The lowest BCUT2D eigenvalue weighted by Gasteiger charge is -2.13. The summed E-state index contributed by atoms with van der Waals surface area (Å²) in [4.78, 5) is 0.0323. The van der Waals surface area contributed by atoms with Gasteiger partial charge >= 0.3 is 0 Å². The fourth-order valence-electron chi connectivity index (χ4n) is 1.91. The molecule has 1 heterocycles. The molecule has 114 valence electrons. The highest BCUT2D eigenvalue weighted by Gasteiger charge is 2.22. The van der Waals surface area contributed by atoms with Gasteiger partial charge in [0.15, 0.2) is 11.5 Å². The molecule has 1 atom stereocenters. The molecule has 1 unspecified atom stereocenters. The first-order valence-electron chi connectivity index (χ1n) is 6.43. The second-order valence-electron chi connectivity index (χ2n) is 4.20. The minimum Gasteiger partial charge on any atom is -0.493 e. The van der Waals surface area contributed by atoms with Crippen LogP contribution in [0, 0.1) is 0 Å². The summed E-state index contributed by atoms with van der Waals surface area (Å²) >= 11 is 3.49. The van der Waals surface area contributed by atoms with Crippen LogP contribution in [0.3, 0.4) is 0 Å². The van der Waals surface area contributed by atoms with Crippen molar-refractivity contribution in [1.82, 2.24) is 10.2 Å². The number of aromatic nitrogens is 2. The lowest BCUT2D eigenvalue weighted by Crippen LogP contribution is -1.97. The maximum Gasteiger partial charge on any atom is 0.251 e. The average Bonchev–Trinajstić information content (AvgIpc) is 3.02. The van der Waals surface area contributed by atoms with Crippen LogP contribution in [0.15, 0.2) is 16.5 Å². The fourth-order valence-corrected chi connectivity index (χ4v) is 2.10. The van der Waals surface area contributed by atoms with E-state index in [0.717, 1.165) is 6.42 Å². The molecule has 0 bridgehead atoms. The fraction of sp³-hybridized carbons (Fsp3) is 0.429. The van der Waals surface area contributed by atoms with E-state index in [1.807, 2.05) is 6.92 Å². The van der Waals surface area contributed by atoms with E-state index in [1.165, 1.54) is 0 Å². The number of methoxy groups -OCH3 is 3. The monoisotopic (exact) mass is 356 g/mol. The van der Waals surface area contributed by atoms with Gasteiger partial charge in [0, 0.05) is 0 Å². The lowest BCUT2D eigenvalue weighted by atomic mass is 10.1. The van der Waals surface area contributed by atoms with Gasteiger partial charge in [-0.15, -0.1) is 10.2 Å². The Morgan fingerprint density at radius 3 is 2.38 bits per heavy atom. The molecule has 0 aliphatic carbocycles. The van der Waals surface area contributed by atoms with E-state index >= 15 is 0 Å². The van der Waals surface area contributed by atoms with Crippen LogP contribution in [0.5, 0.6) is 17.2 Å². The quantitative estimate of drug-likeness (QED) is 0.736. The summed E-state index contributed by atoms with van der Waals surface area (Å²) in [5, 5.41) is 8.12. The van der Waals surface area contributed by atoms with E-state index in [4.69, 9.17) is 18.6 Å². The van der Waals surface area contributed by atoms with Crippen LogP contribution in [0.25, 0.3) is 11.5 Å². The molecule has 0 fully saturated rings. The van der Waals surface area contributed by atoms with Gasteiger partial charge in [-0.25, -0.2) is 0 Å². The molecular formula is C14H17BrN2O4. The molecule has 0 radical (unpaired) electrons. The Labute approximate surface area is 131 Å². The largest absolute Gasteiger partial charge is 0.493 e. The SMILES string of the molecule is CCC(Br)c1nnc(-c2ccc(OC)c(OC)c2OC)o1. The number of benzene rings is 1. The zero-order chi connectivity index (χ0) is 15.4. The Hall–Kier alpha value is -1.76. The Morgan fingerprint density at radius 1 is 1.10 bits per heavy atom. The van der Waals surface area contributed by atoms with Crippen molar-refractivity contribution in [2.24, 2.45) is 0 Å². The Kier molecular flexibility index (Phi) is 5.06. The molecule has 0 aliphatic heterocycles. The van der Waals surface area contributed by atoms with Gasteiger partial charge in [-0.1, -0.05) is 22.9 Å². The highest BCUT2D eigenvalue weighted by molar-refractivity contribution is 9.09. The lowest BCUT2D eigenvalue weighted by molar-refractivity contribution is 0.324. The standard InChI is InChI=1S/C14H17BrN2O4/c1-5-9(15)14-17-16-13(21-14)8-6-7-10(18-2)12(20-4)11(8)19-3/h6-7,9H,5H2,1-4H3. The second kappa shape index (κ2) is 6.80. The van der Waals surface area contributed by atoms with Crippen LogP contribution in [0.1, 0.15) is 24.1 Å². The molecule has 6 nitrogen and oxygen atoms in total. The first-order valence-corrected chi connectivity index (χ1v) is 7.34. The number of alkyl halides is 1. The summed E-state index contributed by atoms with van der Waals surface area (Å²) in [6.45, 7) is 2.03. The summed E-state index contributed by atoms with van der Waals surface area (Å²) < 4.78 is 21.7. The van der Waals surface area contributed by atoms with Crippen molar-refractivity contribution < 1.29 is 18.6 Å². The number of ether oxygens (including phenoxy) is 3. The second-order valence-corrected chi connectivity index (χ2v) is 5.31. The predicted molar refractivity (Wildman–Crippen MR) is 81.3 cm³/mol. The van der Waals surface area contributed by atoms with Crippen LogP contribution in [-0.4, -0.2) is 31.5 Å². The van der Waals surface area contributed by atoms with Crippen LogP contribution in [0.4, 0.5) is 0 Å². The number of halogens is 1. The molecule has 0 saturated heterocycles. The van der Waals surface area contributed by atoms with Crippen molar-refractivity contribution in [2.45, 2.75) is 18.2 Å². The van der Waals surface area contributed by atoms with Gasteiger partial charge in [-0.3, -0.25) is 0 Å². The summed E-state index contributed by atoms with van der Waals surface area (Å²) in [5.41, 5.74) is 0.657. The molecule has 0 spiro atoms. The molecule has 1 aromatic carbocycles. The average molecular weight is 357 g/mol. The highest BCUT2D eigenvalue weighted by Crippen LogP contribution is 2.44. The van der Waals surface area contributed by atoms with E-state index in [0.29, 0.717) is 34.6 Å². The van der Waals surface area contributed by atoms with E-state index in [-0.39, 0.29) is 4.83 Å². The summed E-state index contributed by atoms with van der Waals surface area (Å²) in [7, 11) is 4.67. The van der Waals surface area contributed by atoms with Crippen molar-refractivity contribution in [1.29, 1.82) is 0 Å². The van der Waals surface area contributed by atoms with Gasteiger partial charge in [-0.05, 0) is 18.6 Å². The number of hydrogen-bond donors (Lipinski definition) is 0. The number of nitrogens with zero attached hydrogens (tertiary/aromatic N) is 2. The van der Waals surface area contributed by atoms with Crippen LogP contribution >= 0.6 is 15.9 Å². The van der Waals surface area contributed by atoms with Gasteiger partial charge in [0.05, 0.1) is 31.7 Å². The summed E-state index contributed by atoms with van der Waals surface area (Å²) in [6.07, 6.45) is 0.852. The van der Waals surface area contributed by atoms with Crippen LogP contribution in [-0.2, 0) is 0 Å². The van der Waals surface area contributed by atoms with Crippen LogP contribution < -0.4 is 14.2 Å². The number of hydrogen-bond acceptors (Lipinski definition) is 6. The van der Waals surface area contributed by atoms with Gasteiger partial charge in [0.25, 0.3) is 5.89 Å². The predicted octanol–water partition coefficient (Wildman–Crippen LogP) is 3.61. The molecule has 2 rings (SSSR count). The van der Waals surface area contributed by atoms with E-state index in [2.05, 4.69) is 26.1 Å². The smallest absolute Gasteiger partial charge is 0.251 e. The molecule has 0 N–H and O–H groups in total. The third kappa shape index (κ3) is 2.97. The van der Waals surface area contributed by atoms with Crippen LogP contribution in [0.2, 0.25) is 0 Å². The van der Waals surface area contributed by atoms with E-state index < -0.39 is 0 Å². The zero-order valence-electron chi connectivity index (χ0n) is 12.3. The maximum atomic E-state index is 5.69. The minimum absolute atomic E-state index is 0.0323. The maximum absolute atomic E-state index is 5.69. The van der Waals surface area contributed by atoms with E-state index in [9.17, 15) is 0 Å². The Bertz CT molecular complexity index is 615. The van der Waals surface area contributed by atoms with Gasteiger partial charge in [0.1, 0.15) is 0 Å². The minimum atomic E-state index is 0.0323. The molecule has 0 aliphatic rings. The Balaban J connectivity index is 2.51. The van der Waals surface area contributed by atoms with Gasteiger partial charge < -0.3 is 18.6 Å². The molecular weight excluding hydrogens is 340 g/mol. The van der Waals surface area contributed by atoms with Crippen molar-refractivity contribution in [3.05, 3.63) is 18.0 Å². The molecule has 7 heteroatoms. The third-order valence-electron chi connectivity index (χ3n) is 3.00. The third-order valence-corrected chi connectivity index (χ3v) is 4.04. The molecule has 21 heavy (non-hydrogen) atoms. The summed E-state index contributed by atoms with van der Waals surface area (Å²) in [6, 6.07) is 3.57. The van der Waals surface area contributed by atoms with Crippen molar-refractivity contribution in [3.63, 3.8) is 0 Å². The summed E-state index contributed by atoms with van der Waals surface area (Å²) in [5.74, 6) is 2.47. The molecule has 0 saturated carbocycles. The first-order chi connectivity index (χ1) is 10.2. The Morgan fingerprint density at radius 2 is 1.81 bits per heavy atom. The zero-order valence-corrected chi connectivity index (χ0v) is 13.9. The van der Waals surface area contributed by atoms with Gasteiger partial charge in [0.2, 0.25) is 11.6 Å². The number of rotatable bonds is 6. The van der Waals surface area contributed by atoms with Crippen molar-refractivity contribution >= 4 is 15.9 Å². The van der Waals surface area contributed by atoms with Crippen molar-refractivity contribution in [2.75, 3.05) is 21.3 Å². The molecule has 2 aromatic rings. The van der Waals surface area contributed by atoms with Gasteiger partial charge in [-0.2, -0.15) is 0 Å². The van der Waals surface area contributed by atoms with Crippen molar-refractivity contribution in [3.8, 4) is 28.7 Å². The van der Waals surface area contributed by atoms with E-state index in [1.54, 1.807) is 33.5 Å². The topological polar surface area (TPSA) is 66.6 Å². The molecule has 1 aromatic heterocycles.